The molecule has 1 aliphatic rings. The van der Waals surface area contributed by atoms with E-state index in [1.54, 1.807) is 0 Å². The van der Waals surface area contributed by atoms with Gasteiger partial charge in [-0.2, -0.15) is 0 Å². The molecule has 2 aromatic carbocycles. The Bertz CT molecular complexity index is 542. The molecule has 0 amide bonds. The summed E-state index contributed by atoms with van der Waals surface area (Å²) in [5, 5.41) is 0. The van der Waals surface area contributed by atoms with Crippen LogP contribution in [0.4, 0.5) is 0 Å². The predicted molar refractivity (Wildman–Crippen MR) is 71.8 cm³/mol. The third-order valence-electron chi connectivity index (χ3n) is 3.42. The zero-order valence-corrected chi connectivity index (χ0v) is 9.88. The van der Waals surface area contributed by atoms with E-state index in [2.05, 4.69) is 66.5 Å². The van der Waals surface area contributed by atoms with E-state index in [4.69, 9.17) is 0 Å². The molecule has 3 rings (SSSR count). The van der Waals surface area contributed by atoms with E-state index < -0.39 is 0 Å². The summed E-state index contributed by atoms with van der Waals surface area (Å²) in [6.45, 7) is 2.18. The lowest BCUT2D eigenvalue weighted by Crippen LogP contribution is -2.20. The monoisotopic (exact) mass is 221 g/mol. The second kappa shape index (κ2) is 4.17. The molecule has 1 heteroatoms. The minimum atomic E-state index is 0.312. The lowest BCUT2D eigenvalue weighted by atomic mass is 9.82. The first-order valence-corrected chi connectivity index (χ1v) is 6.03. The first-order chi connectivity index (χ1) is 8.36. The molecule has 0 aliphatic carbocycles. The molecule has 0 saturated carbocycles. The quantitative estimate of drug-likeness (QED) is 0.697. The topological polar surface area (TPSA) is 12.4 Å². The van der Waals surface area contributed by atoms with Crippen LogP contribution in [-0.4, -0.2) is 12.3 Å². The normalized spacial score (nSPS) is 22.2. The van der Waals surface area contributed by atoms with E-state index in [0.717, 1.165) is 0 Å². The Labute approximate surface area is 102 Å². The van der Waals surface area contributed by atoms with E-state index in [-0.39, 0.29) is 0 Å². The van der Waals surface area contributed by atoms with Crippen LogP contribution in [0.15, 0.2) is 59.6 Å². The van der Waals surface area contributed by atoms with Crippen LogP contribution in [0.2, 0.25) is 0 Å². The van der Waals surface area contributed by atoms with Crippen LogP contribution in [0.3, 0.4) is 0 Å². The maximum Gasteiger partial charge on any atom is 0.0580 e. The molecule has 84 valence electrons. The minimum absolute atomic E-state index is 0.312. The summed E-state index contributed by atoms with van der Waals surface area (Å²) in [6, 6.07) is 19.5. The second-order valence-electron chi connectivity index (χ2n) is 4.54. The van der Waals surface area contributed by atoms with Gasteiger partial charge in [0.1, 0.15) is 0 Å². The van der Waals surface area contributed by atoms with Gasteiger partial charge in [-0.15, -0.1) is 0 Å². The summed E-state index contributed by atoms with van der Waals surface area (Å²) in [4.78, 5) is 4.60. The van der Waals surface area contributed by atoms with Crippen LogP contribution < -0.4 is 0 Å². The number of rotatable bonds is 1. The van der Waals surface area contributed by atoms with Crippen LogP contribution in [0.25, 0.3) is 0 Å². The maximum atomic E-state index is 4.60. The SMILES string of the molecule is C[C@H]1N=Cc2ccccc2[C@@H]1c1ccccc1. The van der Waals surface area contributed by atoms with Gasteiger partial charge in [0.15, 0.2) is 0 Å². The molecule has 2 aromatic rings. The third kappa shape index (κ3) is 1.78. The van der Waals surface area contributed by atoms with Crippen LogP contribution in [0.1, 0.15) is 29.5 Å². The van der Waals surface area contributed by atoms with Gasteiger partial charge in [-0.3, -0.25) is 4.99 Å². The van der Waals surface area contributed by atoms with Crippen molar-refractivity contribution in [3.05, 3.63) is 71.3 Å². The van der Waals surface area contributed by atoms with Gasteiger partial charge in [-0.25, -0.2) is 0 Å². The summed E-state index contributed by atoms with van der Waals surface area (Å²) in [5.74, 6) is 0.386. The molecule has 0 fully saturated rings. The van der Waals surface area contributed by atoms with Crippen LogP contribution in [-0.2, 0) is 0 Å². The summed E-state index contributed by atoms with van der Waals surface area (Å²) in [7, 11) is 0. The molecule has 0 aromatic heterocycles. The van der Waals surface area contributed by atoms with Gasteiger partial charge in [0.05, 0.1) is 6.04 Å². The van der Waals surface area contributed by atoms with E-state index in [1.807, 2.05) is 6.21 Å². The van der Waals surface area contributed by atoms with Crippen molar-refractivity contribution in [1.29, 1.82) is 0 Å². The minimum Gasteiger partial charge on any atom is -0.289 e. The highest BCUT2D eigenvalue weighted by Crippen LogP contribution is 2.33. The van der Waals surface area contributed by atoms with Gasteiger partial charge in [-0.1, -0.05) is 54.6 Å². The van der Waals surface area contributed by atoms with Crippen molar-refractivity contribution in [1.82, 2.24) is 0 Å². The standard InChI is InChI=1S/C16H15N/c1-12-16(13-7-3-2-4-8-13)15-10-6-5-9-14(15)11-17-12/h2-12,16H,1H3/t12-,16+/m1/s1. The molecule has 0 radical (unpaired) electrons. The predicted octanol–water partition coefficient (Wildman–Crippen LogP) is 3.64. The number of hydrogen-bond donors (Lipinski definition) is 0. The zero-order valence-electron chi connectivity index (χ0n) is 9.88. The van der Waals surface area contributed by atoms with Crippen LogP contribution in [0.5, 0.6) is 0 Å². The van der Waals surface area contributed by atoms with Crippen molar-refractivity contribution < 1.29 is 0 Å². The second-order valence-corrected chi connectivity index (χ2v) is 4.54. The Morgan fingerprint density at radius 3 is 2.41 bits per heavy atom. The zero-order chi connectivity index (χ0) is 11.7. The molecule has 0 N–H and O–H groups in total. The number of fused-ring (bicyclic) bond motifs is 1. The average molecular weight is 221 g/mol. The van der Waals surface area contributed by atoms with Crippen molar-refractivity contribution >= 4 is 6.21 Å². The van der Waals surface area contributed by atoms with Gasteiger partial charge >= 0.3 is 0 Å². The molecular weight excluding hydrogens is 206 g/mol. The van der Waals surface area contributed by atoms with Crippen molar-refractivity contribution in [3.8, 4) is 0 Å². The third-order valence-corrected chi connectivity index (χ3v) is 3.42. The van der Waals surface area contributed by atoms with E-state index in [9.17, 15) is 0 Å². The molecule has 2 atom stereocenters. The molecule has 17 heavy (non-hydrogen) atoms. The largest absolute Gasteiger partial charge is 0.289 e. The lowest BCUT2D eigenvalue weighted by Gasteiger charge is -2.27. The fraction of sp³-hybridized carbons (Fsp3) is 0.188. The Morgan fingerprint density at radius 2 is 1.59 bits per heavy atom. The molecule has 0 unspecified atom stereocenters. The smallest absolute Gasteiger partial charge is 0.0580 e. The van der Waals surface area contributed by atoms with Gasteiger partial charge < -0.3 is 0 Å². The fourth-order valence-corrected chi connectivity index (χ4v) is 2.57. The van der Waals surface area contributed by atoms with Gasteiger partial charge in [-0.05, 0) is 23.6 Å². The van der Waals surface area contributed by atoms with Crippen molar-refractivity contribution in [2.45, 2.75) is 18.9 Å². The van der Waals surface area contributed by atoms with Crippen molar-refractivity contribution in [2.24, 2.45) is 4.99 Å². The molecule has 0 spiro atoms. The maximum absolute atomic E-state index is 4.60. The number of aliphatic imine (C=N–C) groups is 1. The van der Waals surface area contributed by atoms with Crippen molar-refractivity contribution in [2.75, 3.05) is 0 Å². The Balaban J connectivity index is 2.13. The van der Waals surface area contributed by atoms with E-state index in [1.165, 1.54) is 16.7 Å². The van der Waals surface area contributed by atoms with Gasteiger partial charge in [0, 0.05) is 12.1 Å². The van der Waals surface area contributed by atoms with E-state index >= 15 is 0 Å². The van der Waals surface area contributed by atoms with Crippen molar-refractivity contribution in [3.63, 3.8) is 0 Å². The summed E-state index contributed by atoms with van der Waals surface area (Å²) >= 11 is 0. The molecule has 1 heterocycles. The highest BCUT2D eigenvalue weighted by Gasteiger charge is 2.25. The summed E-state index contributed by atoms with van der Waals surface area (Å²) < 4.78 is 0. The van der Waals surface area contributed by atoms with Gasteiger partial charge in [0.25, 0.3) is 0 Å². The molecule has 1 aliphatic heterocycles. The molecular formula is C16H15N. The fourth-order valence-electron chi connectivity index (χ4n) is 2.57. The lowest BCUT2D eigenvalue weighted by molar-refractivity contribution is 0.640. The molecule has 0 saturated heterocycles. The first-order valence-electron chi connectivity index (χ1n) is 6.03. The average Bonchev–Trinajstić information content (AvgIpc) is 2.39. The van der Waals surface area contributed by atoms with E-state index in [0.29, 0.717) is 12.0 Å². The van der Waals surface area contributed by atoms with Gasteiger partial charge in [0.2, 0.25) is 0 Å². The van der Waals surface area contributed by atoms with Crippen LogP contribution in [0, 0.1) is 0 Å². The number of hydrogen-bond acceptors (Lipinski definition) is 1. The first kappa shape index (κ1) is 10.3. The highest BCUT2D eigenvalue weighted by molar-refractivity contribution is 5.84. The Hall–Kier alpha value is -1.89. The summed E-state index contributed by atoms with van der Waals surface area (Å²) in [5.41, 5.74) is 3.99. The Kier molecular flexibility index (Phi) is 2.52. The summed E-state index contributed by atoms with van der Waals surface area (Å²) in [6.07, 6.45) is 2.00. The van der Waals surface area contributed by atoms with Crippen LogP contribution >= 0.6 is 0 Å². The molecule has 0 bridgehead atoms. The number of benzene rings is 2. The number of nitrogens with zero attached hydrogens (tertiary/aromatic N) is 1. The molecule has 1 nitrogen and oxygen atoms in total. The Morgan fingerprint density at radius 1 is 0.882 bits per heavy atom. The highest BCUT2D eigenvalue weighted by atomic mass is 14.8.